The average molecular weight is 472 g/mol. The number of aliphatic hydroxyl groups excluding tert-OH is 1. The maximum atomic E-state index is 11.7. The molecule has 0 saturated heterocycles. The first kappa shape index (κ1) is 26.3. The molecule has 1 N–H and O–H groups in total. The number of methoxy groups -OCH3 is 2. The van der Waals surface area contributed by atoms with Crippen LogP contribution in [0.4, 0.5) is 0 Å². The molecule has 184 valence electrons. The highest BCUT2D eigenvalue weighted by atomic mass is 16.5. The van der Waals surface area contributed by atoms with Crippen molar-refractivity contribution in [3.63, 3.8) is 0 Å². The maximum Gasteiger partial charge on any atom is 0.134 e. The number of hydrogen-bond acceptors (Lipinski definition) is 4. The molecule has 0 spiro atoms. The normalized spacial score (nSPS) is 13.5. The van der Waals surface area contributed by atoms with Gasteiger partial charge in [0, 0.05) is 19.2 Å². The van der Waals surface area contributed by atoms with E-state index in [4.69, 9.17) is 9.47 Å². The van der Waals surface area contributed by atoms with Gasteiger partial charge in [-0.1, -0.05) is 85.3 Å². The molecule has 0 fully saturated rings. The number of rotatable bonds is 11. The third-order valence-electron chi connectivity index (χ3n) is 6.12. The van der Waals surface area contributed by atoms with Gasteiger partial charge in [-0.05, 0) is 54.2 Å². The molecule has 0 radical (unpaired) electrons. The van der Waals surface area contributed by atoms with Crippen LogP contribution in [-0.4, -0.2) is 24.2 Å². The quantitative estimate of drug-likeness (QED) is 0.243. The molecule has 3 aromatic carbocycles. The Hall–Kier alpha value is -3.34. The summed E-state index contributed by atoms with van der Waals surface area (Å²) >= 11 is 0. The first-order valence-corrected chi connectivity index (χ1v) is 12.0. The van der Waals surface area contributed by atoms with E-state index in [0.29, 0.717) is 13.1 Å². The molecular formula is C31H37NO3. The lowest BCUT2D eigenvalue weighted by Gasteiger charge is -2.30. The van der Waals surface area contributed by atoms with Gasteiger partial charge in [-0.3, -0.25) is 4.90 Å². The molecule has 0 amide bonds. The van der Waals surface area contributed by atoms with Crippen molar-refractivity contribution in [2.24, 2.45) is 0 Å². The van der Waals surface area contributed by atoms with Crippen LogP contribution in [0.5, 0.6) is 11.5 Å². The highest BCUT2D eigenvalue weighted by Gasteiger charge is 2.23. The molecule has 2 atom stereocenters. The van der Waals surface area contributed by atoms with Crippen LogP contribution in [0.1, 0.15) is 53.8 Å². The number of hydrogen-bond donors (Lipinski definition) is 1. The molecule has 2 unspecified atom stereocenters. The molecule has 3 rings (SSSR count). The van der Waals surface area contributed by atoms with E-state index in [1.54, 1.807) is 14.2 Å². The second kappa shape index (κ2) is 12.9. The predicted molar refractivity (Wildman–Crippen MR) is 144 cm³/mol. The standard InChI is InChI=1S/C31H37NO3/c1-6-7-8-11-24(3)29-12-9-10-13-30(29)31(33)32(21-25-16-14-23(2)15-17-25)22-26-18-27(34-4)20-28(19-26)35-5/h6-20,24,31,33H,21-22H2,1-5H3/b7-6-,11-8-. The van der Waals surface area contributed by atoms with E-state index in [1.165, 1.54) is 5.56 Å². The molecule has 0 aliphatic carbocycles. The van der Waals surface area contributed by atoms with Gasteiger partial charge in [-0.25, -0.2) is 0 Å². The number of ether oxygens (including phenoxy) is 2. The Morgan fingerprint density at radius 2 is 1.43 bits per heavy atom. The average Bonchev–Trinajstić information content (AvgIpc) is 2.89. The summed E-state index contributed by atoms with van der Waals surface area (Å²) < 4.78 is 11.0. The summed E-state index contributed by atoms with van der Waals surface area (Å²) in [4.78, 5) is 2.08. The van der Waals surface area contributed by atoms with Crippen LogP contribution in [0.2, 0.25) is 0 Å². The molecule has 0 aromatic heterocycles. The van der Waals surface area contributed by atoms with Crippen LogP contribution in [0.25, 0.3) is 0 Å². The van der Waals surface area contributed by atoms with Gasteiger partial charge >= 0.3 is 0 Å². The predicted octanol–water partition coefficient (Wildman–Crippen LogP) is 6.94. The summed E-state index contributed by atoms with van der Waals surface area (Å²) in [5.74, 6) is 1.62. The van der Waals surface area contributed by atoms with Gasteiger partial charge in [0.05, 0.1) is 14.2 Å². The lowest BCUT2D eigenvalue weighted by atomic mass is 9.93. The zero-order valence-corrected chi connectivity index (χ0v) is 21.4. The van der Waals surface area contributed by atoms with Crippen LogP contribution in [0.15, 0.2) is 91.0 Å². The molecule has 0 heterocycles. The summed E-state index contributed by atoms with van der Waals surface area (Å²) in [5.41, 5.74) is 5.38. The van der Waals surface area contributed by atoms with Crippen molar-refractivity contribution >= 4 is 0 Å². The Morgan fingerprint density at radius 3 is 2.03 bits per heavy atom. The molecule has 3 aromatic rings. The zero-order chi connectivity index (χ0) is 25.2. The Bertz CT molecular complexity index is 1110. The summed E-state index contributed by atoms with van der Waals surface area (Å²) in [7, 11) is 3.30. The molecule has 0 aliphatic rings. The van der Waals surface area contributed by atoms with Gasteiger partial charge in [0.1, 0.15) is 17.7 Å². The van der Waals surface area contributed by atoms with E-state index in [9.17, 15) is 5.11 Å². The molecule has 0 saturated carbocycles. The van der Waals surface area contributed by atoms with Crippen molar-refractivity contribution in [3.05, 3.63) is 119 Å². The summed E-state index contributed by atoms with van der Waals surface area (Å²) in [5, 5.41) is 11.7. The Kier molecular flexibility index (Phi) is 9.71. The van der Waals surface area contributed by atoms with Gasteiger partial charge in [0.25, 0.3) is 0 Å². The minimum atomic E-state index is -0.790. The third kappa shape index (κ3) is 7.32. The summed E-state index contributed by atoms with van der Waals surface area (Å²) in [6.45, 7) is 7.36. The van der Waals surface area contributed by atoms with Crippen molar-refractivity contribution in [3.8, 4) is 11.5 Å². The Balaban J connectivity index is 1.98. The van der Waals surface area contributed by atoms with E-state index in [-0.39, 0.29) is 5.92 Å². The van der Waals surface area contributed by atoms with Crippen molar-refractivity contribution in [1.29, 1.82) is 0 Å². The first-order valence-electron chi connectivity index (χ1n) is 12.0. The fraction of sp³-hybridized carbons (Fsp3) is 0.290. The van der Waals surface area contributed by atoms with Crippen molar-refractivity contribution < 1.29 is 14.6 Å². The molecule has 4 heteroatoms. The van der Waals surface area contributed by atoms with E-state index >= 15 is 0 Å². The minimum absolute atomic E-state index is 0.162. The summed E-state index contributed by atoms with van der Waals surface area (Å²) in [6, 6.07) is 22.4. The Morgan fingerprint density at radius 1 is 0.829 bits per heavy atom. The van der Waals surface area contributed by atoms with Gasteiger partial charge in [0.2, 0.25) is 0 Å². The largest absolute Gasteiger partial charge is 0.497 e. The van der Waals surface area contributed by atoms with Crippen LogP contribution >= 0.6 is 0 Å². The summed E-state index contributed by atoms with van der Waals surface area (Å²) in [6.07, 6.45) is 7.45. The van der Waals surface area contributed by atoms with Crippen molar-refractivity contribution in [2.75, 3.05) is 14.2 Å². The lowest BCUT2D eigenvalue weighted by molar-refractivity contribution is -0.0114. The number of aryl methyl sites for hydroxylation is 1. The fourth-order valence-electron chi connectivity index (χ4n) is 4.15. The van der Waals surface area contributed by atoms with Gasteiger partial charge in [-0.15, -0.1) is 0 Å². The van der Waals surface area contributed by atoms with E-state index in [1.807, 2.05) is 55.5 Å². The Labute approximate surface area is 210 Å². The number of nitrogens with zero attached hydrogens (tertiary/aromatic N) is 1. The van der Waals surface area contributed by atoms with E-state index in [0.717, 1.165) is 33.8 Å². The van der Waals surface area contributed by atoms with Crippen LogP contribution in [-0.2, 0) is 13.1 Å². The maximum absolute atomic E-state index is 11.7. The van der Waals surface area contributed by atoms with Crippen LogP contribution in [0.3, 0.4) is 0 Å². The van der Waals surface area contributed by atoms with Crippen molar-refractivity contribution in [2.45, 2.75) is 46.0 Å². The number of benzene rings is 3. The molecule has 4 nitrogen and oxygen atoms in total. The first-order chi connectivity index (χ1) is 16.9. The van der Waals surface area contributed by atoms with Gasteiger partial charge in [-0.2, -0.15) is 0 Å². The smallest absolute Gasteiger partial charge is 0.134 e. The van der Waals surface area contributed by atoms with Crippen LogP contribution in [0, 0.1) is 6.92 Å². The van der Waals surface area contributed by atoms with Crippen molar-refractivity contribution in [1.82, 2.24) is 4.90 Å². The van der Waals surface area contributed by atoms with E-state index < -0.39 is 6.23 Å². The fourth-order valence-corrected chi connectivity index (χ4v) is 4.15. The second-order valence-corrected chi connectivity index (χ2v) is 8.81. The molecular weight excluding hydrogens is 434 g/mol. The SMILES string of the molecule is C/C=C\C=C/C(C)c1ccccc1C(O)N(Cc1ccc(C)cc1)Cc1cc(OC)cc(OC)c1. The third-order valence-corrected chi connectivity index (χ3v) is 6.12. The highest BCUT2D eigenvalue weighted by Crippen LogP contribution is 2.32. The number of aliphatic hydroxyl groups is 1. The lowest BCUT2D eigenvalue weighted by Crippen LogP contribution is -2.29. The molecule has 35 heavy (non-hydrogen) atoms. The van der Waals surface area contributed by atoms with Gasteiger partial charge in [0.15, 0.2) is 0 Å². The van der Waals surface area contributed by atoms with Crippen LogP contribution < -0.4 is 9.47 Å². The monoisotopic (exact) mass is 471 g/mol. The number of allylic oxidation sites excluding steroid dienone is 4. The molecule has 0 bridgehead atoms. The van der Waals surface area contributed by atoms with Gasteiger partial charge < -0.3 is 14.6 Å². The minimum Gasteiger partial charge on any atom is -0.497 e. The topological polar surface area (TPSA) is 41.9 Å². The second-order valence-electron chi connectivity index (χ2n) is 8.81. The highest BCUT2D eigenvalue weighted by molar-refractivity contribution is 5.39. The zero-order valence-electron chi connectivity index (χ0n) is 21.4. The molecule has 0 aliphatic heterocycles. The van der Waals surface area contributed by atoms with E-state index in [2.05, 4.69) is 61.2 Å².